The summed E-state index contributed by atoms with van der Waals surface area (Å²) in [5.41, 5.74) is 1.54. The van der Waals surface area contributed by atoms with Crippen LogP contribution in [0.15, 0.2) is 6.07 Å². The van der Waals surface area contributed by atoms with E-state index >= 15 is 0 Å². The zero-order chi connectivity index (χ0) is 15.7. The quantitative estimate of drug-likeness (QED) is 0.905. The number of methoxy groups -OCH3 is 2. The minimum atomic E-state index is -1.13. The summed E-state index contributed by atoms with van der Waals surface area (Å²) < 4.78 is 24.6. The van der Waals surface area contributed by atoms with Gasteiger partial charge in [0, 0.05) is 11.1 Å². The van der Waals surface area contributed by atoms with E-state index in [1.165, 1.54) is 20.3 Å². The van der Waals surface area contributed by atoms with E-state index in [9.17, 15) is 9.18 Å². The van der Waals surface area contributed by atoms with E-state index in [2.05, 4.69) is 10.2 Å². The summed E-state index contributed by atoms with van der Waals surface area (Å²) in [5.74, 6) is -1.25. The van der Waals surface area contributed by atoms with Crippen LogP contribution in [0.25, 0.3) is 11.3 Å². The number of halogens is 1. The Morgan fingerprint density at radius 3 is 2.33 bits per heavy atom. The van der Waals surface area contributed by atoms with Gasteiger partial charge in [-0.3, -0.25) is 5.10 Å². The van der Waals surface area contributed by atoms with Gasteiger partial charge in [-0.1, -0.05) is 0 Å². The second-order valence-electron chi connectivity index (χ2n) is 4.48. The van der Waals surface area contributed by atoms with Crippen molar-refractivity contribution < 1.29 is 23.8 Å². The first-order chi connectivity index (χ1) is 9.92. The highest BCUT2D eigenvalue weighted by atomic mass is 19.1. The number of carbonyl (C=O) groups is 1. The number of carboxylic acids is 1. The van der Waals surface area contributed by atoms with Crippen molar-refractivity contribution in [1.29, 1.82) is 0 Å². The molecule has 0 saturated heterocycles. The highest BCUT2D eigenvalue weighted by Gasteiger charge is 2.24. The molecule has 112 valence electrons. The first-order valence-corrected chi connectivity index (χ1v) is 6.12. The van der Waals surface area contributed by atoms with Crippen molar-refractivity contribution in [3.63, 3.8) is 0 Å². The number of rotatable bonds is 4. The molecule has 0 aliphatic rings. The SMILES string of the molecule is COc1c(C)c(-c2cc(C(=O)O)[nH]n2)c(OC)c(C)c1F. The Labute approximate surface area is 120 Å². The second kappa shape index (κ2) is 5.43. The van der Waals surface area contributed by atoms with Gasteiger partial charge in [-0.2, -0.15) is 5.10 Å². The average molecular weight is 294 g/mol. The van der Waals surface area contributed by atoms with Crippen molar-refractivity contribution >= 4 is 5.97 Å². The standard InChI is InChI=1S/C14H15FN2O4/c1-6-10(8-5-9(14(18)19)17-16-8)12(20-3)7(2)11(15)13(6)21-4/h5H,1-4H3,(H,16,17)(H,18,19). The summed E-state index contributed by atoms with van der Waals surface area (Å²) in [5, 5.41) is 15.3. The predicted octanol–water partition coefficient (Wildman–Crippen LogP) is 2.55. The Balaban J connectivity index is 2.77. The van der Waals surface area contributed by atoms with Crippen LogP contribution in [0.5, 0.6) is 11.5 Å². The molecule has 0 bridgehead atoms. The highest BCUT2D eigenvalue weighted by molar-refractivity contribution is 5.88. The number of carboxylic acid groups (broad SMARTS) is 1. The molecule has 2 rings (SSSR count). The van der Waals surface area contributed by atoms with Crippen molar-refractivity contribution in [2.75, 3.05) is 14.2 Å². The lowest BCUT2D eigenvalue weighted by atomic mass is 9.99. The van der Waals surface area contributed by atoms with E-state index in [4.69, 9.17) is 14.6 Å². The minimum absolute atomic E-state index is 0.0626. The van der Waals surface area contributed by atoms with Crippen molar-refractivity contribution in [2.45, 2.75) is 13.8 Å². The van der Waals surface area contributed by atoms with Gasteiger partial charge in [-0.15, -0.1) is 0 Å². The molecule has 0 saturated carbocycles. The van der Waals surface area contributed by atoms with Crippen LogP contribution in [0.4, 0.5) is 4.39 Å². The molecule has 2 N–H and O–H groups in total. The van der Waals surface area contributed by atoms with Crippen LogP contribution >= 0.6 is 0 Å². The third-order valence-corrected chi connectivity index (χ3v) is 3.28. The maximum Gasteiger partial charge on any atom is 0.353 e. The number of nitrogens with zero attached hydrogens (tertiary/aromatic N) is 1. The maximum atomic E-state index is 14.2. The molecule has 0 aliphatic carbocycles. The number of aromatic amines is 1. The number of hydrogen-bond acceptors (Lipinski definition) is 4. The number of hydrogen-bond donors (Lipinski definition) is 2. The van der Waals surface area contributed by atoms with Gasteiger partial charge in [-0.25, -0.2) is 9.18 Å². The monoisotopic (exact) mass is 294 g/mol. The fourth-order valence-corrected chi connectivity index (χ4v) is 2.27. The molecule has 1 aromatic heterocycles. The fraction of sp³-hybridized carbons (Fsp3) is 0.286. The number of H-pyrrole nitrogens is 1. The van der Waals surface area contributed by atoms with Crippen LogP contribution in [0.3, 0.4) is 0 Å². The van der Waals surface area contributed by atoms with Gasteiger partial charge in [-0.05, 0) is 19.9 Å². The van der Waals surface area contributed by atoms with Crippen molar-refractivity contribution in [1.82, 2.24) is 10.2 Å². The summed E-state index contributed by atoms with van der Waals surface area (Å²) in [4.78, 5) is 10.9. The Morgan fingerprint density at radius 2 is 1.86 bits per heavy atom. The number of nitrogens with one attached hydrogen (secondary N) is 1. The van der Waals surface area contributed by atoms with Crippen molar-refractivity contribution in [2.24, 2.45) is 0 Å². The lowest BCUT2D eigenvalue weighted by molar-refractivity contribution is 0.0690. The summed E-state index contributed by atoms with van der Waals surface area (Å²) >= 11 is 0. The molecule has 0 aliphatic heterocycles. The van der Waals surface area contributed by atoms with E-state index in [-0.39, 0.29) is 17.0 Å². The Hall–Kier alpha value is -2.57. The highest BCUT2D eigenvalue weighted by Crippen LogP contribution is 2.42. The van der Waals surface area contributed by atoms with E-state index in [0.717, 1.165) is 0 Å². The third-order valence-electron chi connectivity index (χ3n) is 3.28. The molecule has 7 heteroatoms. The van der Waals surface area contributed by atoms with Gasteiger partial charge in [0.05, 0.1) is 25.5 Å². The molecule has 0 atom stereocenters. The lowest BCUT2D eigenvalue weighted by Gasteiger charge is -2.17. The summed E-state index contributed by atoms with van der Waals surface area (Å²) in [6.45, 7) is 3.22. The zero-order valence-electron chi connectivity index (χ0n) is 12.1. The number of aromatic carboxylic acids is 1. The third kappa shape index (κ3) is 2.31. The largest absolute Gasteiger partial charge is 0.496 e. The normalized spacial score (nSPS) is 10.5. The topological polar surface area (TPSA) is 84.4 Å². The molecule has 0 fully saturated rings. The van der Waals surface area contributed by atoms with Gasteiger partial charge < -0.3 is 14.6 Å². The van der Waals surface area contributed by atoms with Crippen LogP contribution in [0.1, 0.15) is 21.6 Å². The van der Waals surface area contributed by atoms with Crippen LogP contribution < -0.4 is 9.47 Å². The lowest BCUT2D eigenvalue weighted by Crippen LogP contribution is -2.02. The van der Waals surface area contributed by atoms with E-state index in [1.54, 1.807) is 13.8 Å². The second-order valence-corrected chi connectivity index (χ2v) is 4.48. The van der Waals surface area contributed by atoms with E-state index in [0.29, 0.717) is 22.6 Å². The Kier molecular flexibility index (Phi) is 3.84. The summed E-state index contributed by atoms with van der Waals surface area (Å²) in [7, 11) is 2.79. The molecule has 2 aromatic rings. The zero-order valence-corrected chi connectivity index (χ0v) is 12.1. The molecule has 0 amide bonds. The molecular weight excluding hydrogens is 279 g/mol. The Morgan fingerprint density at radius 1 is 1.24 bits per heavy atom. The molecular formula is C14H15FN2O4. The first kappa shape index (κ1) is 14.8. The smallest absolute Gasteiger partial charge is 0.353 e. The fourth-order valence-electron chi connectivity index (χ4n) is 2.27. The molecule has 21 heavy (non-hydrogen) atoms. The number of aromatic nitrogens is 2. The van der Waals surface area contributed by atoms with E-state index in [1.807, 2.05) is 0 Å². The predicted molar refractivity (Wildman–Crippen MR) is 73.5 cm³/mol. The van der Waals surface area contributed by atoms with Gasteiger partial charge in [0.1, 0.15) is 11.4 Å². The summed E-state index contributed by atoms with van der Waals surface area (Å²) in [6.07, 6.45) is 0. The van der Waals surface area contributed by atoms with Gasteiger partial charge in [0.15, 0.2) is 11.6 Å². The molecule has 0 spiro atoms. The Bertz CT molecular complexity index is 709. The number of ether oxygens (including phenoxy) is 2. The van der Waals surface area contributed by atoms with Crippen molar-refractivity contribution in [3.05, 3.63) is 28.7 Å². The van der Waals surface area contributed by atoms with Crippen LogP contribution in [-0.2, 0) is 0 Å². The van der Waals surface area contributed by atoms with E-state index < -0.39 is 11.8 Å². The minimum Gasteiger partial charge on any atom is -0.496 e. The van der Waals surface area contributed by atoms with Gasteiger partial charge >= 0.3 is 5.97 Å². The first-order valence-electron chi connectivity index (χ1n) is 6.12. The van der Waals surface area contributed by atoms with Crippen LogP contribution in [0, 0.1) is 19.7 Å². The van der Waals surface area contributed by atoms with Gasteiger partial charge in [0.25, 0.3) is 0 Å². The van der Waals surface area contributed by atoms with Crippen molar-refractivity contribution in [3.8, 4) is 22.8 Å². The van der Waals surface area contributed by atoms with Crippen LogP contribution in [0.2, 0.25) is 0 Å². The number of benzene rings is 1. The molecule has 1 aromatic carbocycles. The van der Waals surface area contributed by atoms with Crippen LogP contribution in [-0.4, -0.2) is 35.5 Å². The molecule has 6 nitrogen and oxygen atoms in total. The summed E-state index contributed by atoms with van der Waals surface area (Å²) in [6, 6.07) is 1.37. The maximum absolute atomic E-state index is 14.2. The average Bonchev–Trinajstić information content (AvgIpc) is 2.92. The molecule has 0 radical (unpaired) electrons. The molecule has 0 unspecified atom stereocenters. The van der Waals surface area contributed by atoms with Gasteiger partial charge in [0.2, 0.25) is 0 Å². The molecule has 1 heterocycles.